The Morgan fingerprint density at radius 2 is 1.44 bits per heavy atom. The predicted octanol–water partition coefficient (Wildman–Crippen LogP) is 2.11. The van der Waals surface area contributed by atoms with Crippen molar-refractivity contribution in [3.63, 3.8) is 0 Å². The molecule has 1 aromatic carbocycles. The first-order valence-corrected chi connectivity index (χ1v) is 17.0. The number of nitrogens with one attached hydrogen (secondary N) is 1. The van der Waals surface area contributed by atoms with Gasteiger partial charge in [-0.25, -0.2) is 14.4 Å². The number of amides is 1. The number of esters is 1. The highest BCUT2D eigenvalue weighted by Gasteiger charge is 2.39. The Morgan fingerprint density at radius 1 is 0.904 bits per heavy atom. The number of rotatable bonds is 15. The maximum atomic E-state index is 12.8. The molecule has 294 valence electrons. The fourth-order valence-corrected chi connectivity index (χ4v) is 5.40. The number of aliphatic hydroxyl groups is 6. The lowest BCUT2D eigenvalue weighted by Gasteiger charge is -2.28. The van der Waals surface area contributed by atoms with Gasteiger partial charge in [0.15, 0.2) is 24.1 Å². The molecule has 0 bridgehead atoms. The van der Waals surface area contributed by atoms with Crippen LogP contribution in [0.2, 0.25) is 0 Å². The van der Waals surface area contributed by atoms with Crippen molar-refractivity contribution in [1.82, 2.24) is 0 Å². The number of nitrogens with zero attached hydrogens (tertiary/aromatic N) is 1. The molecule has 0 fully saturated rings. The smallest absolute Gasteiger partial charge is 0.377 e. The highest BCUT2D eigenvalue weighted by Crippen LogP contribution is 2.43. The van der Waals surface area contributed by atoms with Crippen molar-refractivity contribution in [1.29, 1.82) is 0 Å². The van der Waals surface area contributed by atoms with E-state index in [0.29, 0.717) is 0 Å². The van der Waals surface area contributed by atoms with Crippen molar-refractivity contribution in [2.24, 2.45) is 5.41 Å². The summed E-state index contributed by atoms with van der Waals surface area (Å²) < 4.78 is 4.32. The zero-order chi connectivity index (χ0) is 40.1. The number of carbonyl (C=O) groups excluding carboxylic acids is 2. The lowest BCUT2D eigenvalue weighted by atomic mass is 9.90. The third-order valence-corrected chi connectivity index (χ3v) is 8.51. The zero-order valence-electron chi connectivity index (χ0n) is 30.5. The van der Waals surface area contributed by atoms with Crippen LogP contribution in [0.4, 0.5) is 11.4 Å². The van der Waals surface area contributed by atoms with E-state index in [0.717, 1.165) is 54.0 Å². The van der Waals surface area contributed by atoms with Crippen LogP contribution in [-0.2, 0) is 41.6 Å². The summed E-state index contributed by atoms with van der Waals surface area (Å²) >= 11 is 0. The number of carboxylic acids is 3. The number of carbonyl (C=O) groups is 5. The Bertz CT molecular complexity index is 1450. The lowest BCUT2D eigenvalue weighted by molar-refractivity contribution is -0.165. The van der Waals surface area contributed by atoms with E-state index in [1.54, 1.807) is 0 Å². The Morgan fingerprint density at radius 3 is 1.88 bits per heavy atom. The van der Waals surface area contributed by atoms with Crippen LogP contribution in [0.15, 0.2) is 11.5 Å². The molecule has 0 aliphatic carbocycles. The number of cyclic esters (lactones) is 1. The summed E-state index contributed by atoms with van der Waals surface area (Å²) in [5.41, 5.74) is 5.42. The molecule has 52 heavy (non-hydrogen) atoms. The topological polar surface area (TPSA) is 292 Å². The minimum absolute atomic E-state index is 0.0131. The predicted molar refractivity (Wildman–Crippen MR) is 187 cm³/mol. The Balaban J connectivity index is 0.000000500. The van der Waals surface area contributed by atoms with Crippen LogP contribution in [-0.4, -0.2) is 120 Å². The van der Waals surface area contributed by atoms with Gasteiger partial charge in [0.1, 0.15) is 6.10 Å². The van der Waals surface area contributed by atoms with Gasteiger partial charge in [-0.3, -0.25) is 9.59 Å². The van der Waals surface area contributed by atoms with Gasteiger partial charge >= 0.3 is 23.9 Å². The molecular formula is C35H54N2O15. The van der Waals surface area contributed by atoms with E-state index in [4.69, 9.17) is 40.9 Å². The third-order valence-electron chi connectivity index (χ3n) is 8.51. The van der Waals surface area contributed by atoms with E-state index in [1.165, 1.54) is 37.7 Å². The van der Waals surface area contributed by atoms with Gasteiger partial charge in [0.25, 0.3) is 0 Å². The maximum absolute atomic E-state index is 12.8. The summed E-state index contributed by atoms with van der Waals surface area (Å²) in [5, 5.41) is 80.2. The molecule has 2 heterocycles. The summed E-state index contributed by atoms with van der Waals surface area (Å²) in [6.07, 6.45) is 1.09. The minimum atomic E-state index is -2.27. The highest BCUT2D eigenvalue weighted by molar-refractivity contribution is 6.00. The van der Waals surface area contributed by atoms with Crippen LogP contribution in [0.5, 0.6) is 0 Å². The number of hydrogen-bond acceptors (Lipinski definition) is 13. The number of anilines is 2. The molecule has 0 spiro atoms. The Kier molecular flexibility index (Phi) is 18.0. The summed E-state index contributed by atoms with van der Waals surface area (Å²) in [5.74, 6) is -7.19. The SMILES string of the molecule is CCCCCCCCN1CCc2c(C)c(CC(=O)O)c(C)c(NC(=O)C(C)(C)C)c21.O=C(O)C(O)C(O)C(=O)O.O=C1O[C@H]([C@@H](O)CO)C(O)=C1O. The Labute approximate surface area is 302 Å². The van der Waals surface area contributed by atoms with E-state index in [2.05, 4.69) is 21.9 Å². The van der Waals surface area contributed by atoms with Crippen molar-refractivity contribution in [3.05, 3.63) is 33.8 Å². The number of aliphatic carboxylic acids is 3. The first kappa shape index (κ1) is 45.6. The standard InChI is InChI=1S/C25H40N2O3.C6H8O6.C4H6O6/c1-7-8-9-10-11-12-14-27-15-13-19-17(2)20(16-21(28)29)18(3)22(23(19)27)26-24(30)25(4,5)6;7-1-2(8)5-3(9)4(10)6(11)12-5;5-1(3(7)8)2(6)4(9)10/h7-16H2,1-6H3,(H,26,30)(H,28,29);2,5,7-10H,1H2;1-2,5-6H,(H,7,8)(H,9,10)/t;2-,5+;/m.0./s1. The van der Waals surface area contributed by atoms with Gasteiger partial charge in [0.05, 0.1) is 24.4 Å². The number of benzene rings is 1. The second kappa shape index (κ2) is 20.6. The van der Waals surface area contributed by atoms with Crippen molar-refractivity contribution in [3.8, 4) is 0 Å². The van der Waals surface area contributed by atoms with Gasteiger partial charge in [0, 0.05) is 18.5 Å². The second-order valence-corrected chi connectivity index (χ2v) is 13.6. The van der Waals surface area contributed by atoms with Gasteiger partial charge in [-0.1, -0.05) is 59.8 Å². The average molecular weight is 743 g/mol. The minimum Gasteiger partial charge on any atom is -0.505 e. The van der Waals surface area contributed by atoms with E-state index in [9.17, 15) is 29.1 Å². The molecule has 2 aliphatic heterocycles. The molecule has 1 amide bonds. The summed E-state index contributed by atoms with van der Waals surface area (Å²) in [6.45, 7) is 13.2. The molecule has 0 saturated heterocycles. The van der Waals surface area contributed by atoms with Gasteiger partial charge < -0.3 is 60.9 Å². The molecule has 2 aliphatic rings. The number of fused-ring (bicyclic) bond motifs is 1. The van der Waals surface area contributed by atoms with Gasteiger partial charge in [0.2, 0.25) is 11.7 Å². The number of unbranched alkanes of at least 4 members (excludes halogenated alkanes) is 5. The normalized spacial score (nSPS) is 16.8. The van der Waals surface area contributed by atoms with Gasteiger partial charge in [-0.05, 0) is 48.9 Å². The fraction of sp³-hybridized carbons (Fsp3) is 0.629. The quantitative estimate of drug-likeness (QED) is 0.0909. The molecule has 17 nitrogen and oxygen atoms in total. The second-order valence-electron chi connectivity index (χ2n) is 13.6. The van der Waals surface area contributed by atoms with Crippen molar-refractivity contribution < 1.29 is 74.7 Å². The van der Waals surface area contributed by atoms with Crippen LogP contribution in [0.25, 0.3) is 0 Å². The van der Waals surface area contributed by atoms with E-state index in [1.807, 2.05) is 34.6 Å². The number of ether oxygens (including phenoxy) is 1. The molecule has 1 aromatic rings. The van der Waals surface area contributed by atoms with Crippen molar-refractivity contribution in [2.45, 2.75) is 117 Å². The Hall–Kier alpha value is -4.45. The van der Waals surface area contributed by atoms with E-state index < -0.39 is 71.8 Å². The molecule has 0 saturated carbocycles. The monoisotopic (exact) mass is 742 g/mol. The number of aliphatic hydroxyl groups excluding tert-OH is 6. The van der Waals surface area contributed by atoms with Crippen molar-refractivity contribution >= 4 is 41.2 Å². The molecular weight excluding hydrogens is 688 g/mol. The molecule has 0 aromatic heterocycles. The summed E-state index contributed by atoms with van der Waals surface area (Å²) in [4.78, 5) is 56.8. The summed E-state index contributed by atoms with van der Waals surface area (Å²) in [7, 11) is 0. The van der Waals surface area contributed by atoms with E-state index in [-0.39, 0.29) is 12.3 Å². The molecule has 17 heteroatoms. The fourth-order valence-electron chi connectivity index (χ4n) is 5.40. The maximum Gasteiger partial charge on any atom is 0.377 e. The first-order valence-electron chi connectivity index (χ1n) is 17.0. The number of hydrogen-bond donors (Lipinski definition) is 10. The molecule has 10 N–H and O–H groups in total. The zero-order valence-corrected chi connectivity index (χ0v) is 30.5. The van der Waals surface area contributed by atoms with Crippen molar-refractivity contribution in [2.75, 3.05) is 29.9 Å². The van der Waals surface area contributed by atoms with Crippen LogP contribution >= 0.6 is 0 Å². The molecule has 0 radical (unpaired) electrons. The largest absolute Gasteiger partial charge is 0.505 e. The van der Waals surface area contributed by atoms with Crippen LogP contribution in [0, 0.1) is 19.3 Å². The average Bonchev–Trinajstić information content (AvgIpc) is 3.61. The molecule has 4 atom stereocenters. The van der Waals surface area contributed by atoms with Gasteiger partial charge in [-0.2, -0.15) is 0 Å². The number of carboxylic acid groups (broad SMARTS) is 3. The third kappa shape index (κ3) is 12.6. The van der Waals surface area contributed by atoms with Crippen LogP contribution in [0.1, 0.15) is 88.5 Å². The molecule has 2 unspecified atom stereocenters. The van der Waals surface area contributed by atoms with Gasteiger partial charge in [-0.15, -0.1) is 0 Å². The molecule has 3 rings (SSSR count). The van der Waals surface area contributed by atoms with E-state index >= 15 is 0 Å². The van der Waals surface area contributed by atoms with Crippen LogP contribution < -0.4 is 10.2 Å². The summed E-state index contributed by atoms with van der Waals surface area (Å²) in [6, 6.07) is 0. The lowest BCUT2D eigenvalue weighted by Crippen LogP contribution is -2.39. The first-order chi connectivity index (χ1) is 24.1. The highest BCUT2D eigenvalue weighted by atomic mass is 16.6. The van der Waals surface area contributed by atoms with Crippen LogP contribution in [0.3, 0.4) is 0 Å².